The van der Waals surface area contributed by atoms with Crippen LogP contribution >= 0.6 is 0 Å². The molecule has 0 fully saturated rings. The van der Waals surface area contributed by atoms with E-state index in [0.29, 0.717) is 17.0 Å². The summed E-state index contributed by atoms with van der Waals surface area (Å²) < 4.78 is 24.8. The van der Waals surface area contributed by atoms with E-state index in [2.05, 4.69) is 0 Å². The highest BCUT2D eigenvalue weighted by atomic mass is 32.2. The summed E-state index contributed by atoms with van der Waals surface area (Å²) in [5.41, 5.74) is 9.04. The summed E-state index contributed by atoms with van der Waals surface area (Å²) in [5, 5.41) is 0. The highest BCUT2D eigenvalue weighted by molar-refractivity contribution is 7.91. The van der Waals surface area contributed by atoms with Gasteiger partial charge in [0.05, 0.1) is 10.6 Å². The molecule has 0 spiro atoms. The Morgan fingerprint density at radius 2 is 1.65 bits per heavy atom. The lowest BCUT2D eigenvalue weighted by atomic mass is 10.1. The summed E-state index contributed by atoms with van der Waals surface area (Å²) >= 11 is 0. The quantitative estimate of drug-likeness (QED) is 0.880. The van der Waals surface area contributed by atoms with Crippen LogP contribution in [0, 0.1) is 13.8 Å². The molecule has 0 saturated heterocycles. The van der Waals surface area contributed by atoms with Gasteiger partial charge in [0, 0.05) is 5.69 Å². The zero-order valence-corrected chi connectivity index (χ0v) is 12.6. The van der Waals surface area contributed by atoms with Crippen molar-refractivity contribution in [3.8, 4) is 0 Å². The minimum absolute atomic E-state index is 0.112. The SMILES string of the molecule is Cc1ccc(C)c(S(=O)(=O)CCc2ccc(N)cc2)c1. The van der Waals surface area contributed by atoms with Crippen LogP contribution in [0.1, 0.15) is 16.7 Å². The third kappa shape index (κ3) is 3.39. The van der Waals surface area contributed by atoms with E-state index in [-0.39, 0.29) is 5.75 Å². The molecule has 0 aliphatic heterocycles. The van der Waals surface area contributed by atoms with Gasteiger partial charge in [0.15, 0.2) is 9.84 Å². The van der Waals surface area contributed by atoms with Crippen LogP contribution in [0.15, 0.2) is 47.4 Å². The molecule has 106 valence electrons. The van der Waals surface area contributed by atoms with E-state index in [1.807, 2.05) is 38.1 Å². The smallest absolute Gasteiger partial charge is 0.178 e. The summed E-state index contributed by atoms with van der Waals surface area (Å²) in [6.45, 7) is 3.73. The second-order valence-corrected chi connectivity index (χ2v) is 7.16. The summed E-state index contributed by atoms with van der Waals surface area (Å²) in [4.78, 5) is 0.438. The van der Waals surface area contributed by atoms with Gasteiger partial charge in [0.25, 0.3) is 0 Å². The molecular formula is C16H19NO2S. The van der Waals surface area contributed by atoms with Crippen molar-refractivity contribution in [2.24, 2.45) is 0 Å². The number of nitrogens with two attached hydrogens (primary N) is 1. The molecule has 0 aliphatic carbocycles. The molecule has 0 bridgehead atoms. The average molecular weight is 289 g/mol. The van der Waals surface area contributed by atoms with E-state index < -0.39 is 9.84 Å². The van der Waals surface area contributed by atoms with Crippen molar-refractivity contribution < 1.29 is 8.42 Å². The molecule has 0 amide bonds. The van der Waals surface area contributed by atoms with E-state index in [9.17, 15) is 8.42 Å². The minimum atomic E-state index is -3.25. The van der Waals surface area contributed by atoms with Crippen LogP contribution < -0.4 is 5.73 Å². The Kier molecular flexibility index (Phi) is 4.14. The van der Waals surface area contributed by atoms with E-state index in [1.165, 1.54) is 0 Å². The lowest BCUT2D eigenvalue weighted by Gasteiger charge is -2.09. The molecule has 2 rings (SSSR count). The van der Waals surface area contributed by atoms with E-state index in [4.69, 9.17) is 5.73 Å². The first kappa shape index (κ1) is 14.6. The van der Waals surface area contributed by atoms with Gasteiger partial charge in [-0.15, -0.1) is 0 Å². The fraction of sp³-hybridized carbons (Fsp3) is 0.250. The van der Waals surface area contributed by atoms with E-state index in [0.717, 1.165) is 16.7 Å². The van der Waals surface area contributed by atoms with Crippen molar-refractivity contribution in [1.29, 1.82) is 0 Å². The van der Waals surface area contributed by atoms with E-state index in [1.54, 1.807) is 18.2 Å². The minimum Gasteiger partial charge on any atom is -0.399 e. The fourth-order valence-electron chi connectivity index (χ4n) is 2.09. The Labute approximate surface area is 120 Å². The predicted molar refractivity (Wildman–Crippen MR) is 82.5 cm³/mol. The van der Waals surface area contributed by atoms with Crippen LogP contribution in [0.4, 0.5) is 5.69 Å². The maximum Gasteiger partial charge on any atom is 0.178 e. The second-order valence-electron chi connectivity index (χ2n) is 5.08. The molecule has 0 aliphatic rings. The summed E-state index contributed by atoms with van der Waals surface area (Å²) in [7, 11) is -3.25. The molecule has 0 heterocycles. The van der Waals surface area contributed by atoms with Crippen molar-refractivity contribution >= 4 is 15.5 Å². The molecule has 2 aromatic rings. The molecule has 0 unspecified atom stereocenters. The van der Waals surface area contributed by atoms with Gasteiger partial charge < -0.3 is 5.73 Å². The van der Waals surface area contributed by atoms with Crippen LogP contribution in [-0.4, -0.2) is 14.2 Å². The molecule has 20 heavy (non-hydrogen) atoms. The lowest BCUT2D eigenvalue weighted by Crippen LogP contribution is -2.11. The molecule has 2 aromatic carbocycles. The Balaban J connectivity index is 2.19. The molecule has 2 N–H and O–H groups in total. The van der Waals surface area contributed by atoms with Crippen molar-refractivity contribution in [3.05, 3.63) is 59.2 Å². The number of nitrogen functional groups attached to an aromatic ring is 1. The number of anilines is 1. The van der Waals surface area contributed by atoms with Crippen LogP contribution in [-0.2, 0) is 16.3 Å². The maximum atomic E-state index is 12.4. The van der Waals surface area contributed by atoms with Gasteiger partial charge in [-0.25, -0.2) is 8.42 Å². The molecule has 0 atom stereocenters. The number of sulfone groups is 1. The zero-order valence-electron chi connectivity index (χ0n) is 11.8. The number of hydrogen-bond acceptors (Lipinski definition) is 3. The third-order valence-corrected chi connectivity index (χ3v) is 5.17. The normalized spacial score (nSPS) is 11.5. The van der Waals surface area contributed by atoms with Crippen LogP contribution in [0.3, 0.4) is 0 Å². The largest absolute Gasteiger partial charge is 0.399 e. The van der Waals surface area contributed by atoms with Crippen molar-refractivity contribution in [2.75, 3.05) is 11.5 Å². The first-order chi connectivity index (χ1) is 9.38. The predicted octanol–water partition coefficient (Wildman–Crippen LogP) is 2.90. The van der Waals surface area contributed by atoms with Gasteiger partial charge in [-0.1, -0.05) is 24.3 Å². The monoisotopic (exact) mass is 289 g/mol. The molecular weight excluding hydrogens is 270 g/mol. The highest BCUT2D eigenvalue weighted by Crippen LogP contribution is 2.19. The molecule has 0 saturated carbocycles. The van der Waals surface area contributed by atoms with Crippen molar-refractivity contribution in [2.45, 2.75) is 25.2 Å². The van der Waals surface area contributed by atoms with Gasteiger partial charge in [0.1, 0.15) is 0 Å². The first-order valence-electron chi connectivity index (χ1n) is 6.53. The van der Waals surface area contributed by atoms with Gasteiger partial charge in [-0.3, -0.25) is 0 Å². The Bertz CT molecular complexity index is 704. The van der Waals surface area contributed by atoms with Crippen molar-refractivity contribution in [1.82, 2.24) is 0 Å². The Morgan fingerprint density at radius 3 is 2.30 bits per heavy atom. The molecule has 0 radical (unpaired) electrons. The topological polar surface area (TPSA) is 60.2 Å². The number of hydrogen-bond donors (Lipinski definition) is 1. The van der Waals surface area contributed by atoms with Gasteiger partial charge in [-0.2, -0.15) is 0 Å². The Hall–Kier alpha value is -1.81. The van der Waals surface area contributed by atoms with Crippen molar-refractivity contribution in [3.63, 3.8) is 0 Å². The van der Waals surface area contributed by atoms with Gasteiger partial charge in [0.2, 0.25) is 0 Å². The first-order valence-corrected chi connectivity index (χ1v) is 8.18. The highest BCUT2D eigenvalue weighted by Gasteiger charge is 2.17. The van der Waals surface area contributed by atoms with Crippen LogP contribution in [0.5, 0.6) is 0 Å². The average Bonchev–Trinajstić information content (AvgIpc) is 2.41. The second kappa shape index (κ2) is 5.67. The number of benzene rings is 2. The number of rotatable bonds is 4. The van der Waals surface area contributed by atoms with E-state index >= 15 is 0 Å². The number of aryl methyl sites for hydroxylation is 3. The maximum absolute atomic E-state index is 12.4. The molecule has 0 aromatic heterocycles. The fourth-order valence-corrected chi connectivity index (χ4v) is 3.74. The lowest BCUT2D eigenvalue weighted by molar-refractivity contribution is 0.594. The Morgan fingerprint density at radius 1 is 1.00 bits per heavy atom. The third-order valence-electron chi connectivity index (χ3n) is 3.32. The van der Waals surface area contributed by atoms with Gasteiger partial charge in [-0.05, 0) is 55.2 Å². The summed E-state index contributed by atoms with van der Waals surface area (Å²) in [6.07, 6.45) is 0.496. The van der Waals surface area contributed by atoms with Crippen LogP contribution in [0.25, 0.3) is 0 Å². The standard InChI is InChI=1S/C16H19NO2S/c1-12-3-4-13(2)16(11-12)20(18,19)10-9-14-5-7-15(17)8-6-14/h3-8,11H,9-10,17H2,1-2H3. The van der Waals surface area contributed by atoms with Gasteiger partial charge >= 0.3 is 0 Å². The summed E-state index contributed by atoms with van der Waals surface area (Å²) in [5.74, 6) is 0.112. The molecule has 3 nitrogen and oxygen atoms in total. The van der Waals surface area contributed by atoms with Crippen LogP contribution in [0.2, 0.25) is 0 Å². The molecule has 4 heteroatoms. The summed E-state index contributed by atoms with van der Waals surface area (Å²) in [6, 6.07) is 12.8. The zero-order chi connectivity index (χ0) is 14.8.